The largest absolute Gasteiger partial charge is 0.482 e. The highest BCUT2D eigenvalue weighted by Crippen LogP contribution is 2.29. The third kappa shape index (κ3) is 3.51. The molecule has 0 unspecified atom stereocenters. The van der Waals surface area contributed by atoms with Crippen molar-refractivity contribution in [3.8, 4) is 5.75 Å². The van der Waals surface area contributed by atoms with Crippen LogP contribution in [0.4, 0.5) is 11.4 Å². The minimum atomic E-state index is -0.143. The first-order chi connectivity index (χ1) is 12.2. The summed E-state index contributed by atoms with van der Waals surface area (Å²) >= 11 is 1.59. The highest BCUT2D eigenvalue weighted by atomic mass is 32.2. The Hall–Kier alpha value is -2.80. The predicted molar refractivity (Wildman–Crippen MR) is 101 cm³/mol. The predicted octanol–water partition coefficient (Wildman–Crippen LogP) is 3.05. The van der Waals surface area contributed by atoms with Gasteiger partial charge in [0.25, 0.3) is 5.91 Å². The average molecular weight is 352 g/mol. The van der Waals surface area contributed by atoms with Crippen LogP contribution in [0.15, 0.2) is 52.6 Å². The topological polar surface area (TPSA) is 75.1 Å². The lowest BCUT2D eigenvalue weighted by molar-refractivity contribution is -0.118. The molecule has 2 N–H and O–H groups in total. The number of amidine groups is 1. The summed E-state index contributed by atoms with van der Waals surface area (Å²) in [5, 5.41) is 8.01. The molecule has 2 aliphatic heterocycles. The van der Waals surface area contributed by atoms with Gasteiger partial charge in [-0.05, 0) is 37.3 Å². The Labute approximate surface area is 149 Å². The molecular weight excluding hydrogens is 336 g/mol. The maximum atomic E-state index is 11.5. The van der Waals surface area contributed by atoms with Gasteiger partial charge in [-0.3, -0.25) is 10.2 Å². The molecule has 0 saturated carbocycles. The van der Waals surface area contributed by atoms with Crippen LogP contribution < -0.4 is 15.5 Å². The average Bonchev–Trinajstić information content (AvgIpc) is 2.64. The van der Waals surface area contributed by atoms with E-state index in [9.17, 15) is 4.79 Å². The fraction of sp³-hybridized carbons (Fsp3) is 0.167. The third-order valence-electron chi connectivity index (χ3n) is 3.84. The molecule has 6 nitrogen and oxygen atoms in total. The maximum absolute atomic E-state index is 11.5. The zero-order chi connectivity index (χ0) is 17.2. The molecule has 2 aliphatic rings. The summed E-state index contributed by atoms with van der Waals surface area (Å²) in [5.41, 5.74) is 7.63. The number of hydrogen-bond donors (Lipinski definition) is 2. The third-order valence-corrected chi connectivity index (χ3v) is 4.72. The van der Waals surface area contributed by atoms with Gasteiger partial charge >= 0.3 is 0 Å². The molecule has 0 saturated heterocycles. The van der Waals surface area contributed by atoms with Crippen molar-refractivity contribution in [3.63, 3.8) is 0 Å². The Morgan fingerprint density at radius 2 is 2.04 bits per heavy atom. The Bertz CT molecular complexity index is 890. The van der Waals surface area contributed by atoms with Crippen LogP contribution in [-0.2, 0) is 4.79 Å². The zero-order valence-corrected chi connectivity index (χ0v) is 14.4. The van der Waals surface area contributed by atoms with Gasteiger partial charge in [-0.1, -0.05) is 29.5 Å². The first-order valence-electron chi connectivity index (χ1n) is 7.85. The normalized spacial score (nSPS) is 17.9. The molecule has 7 heteroatoms. The van der Waals surface area contributed by atoms with E-state index in [0.29, 0.717) is 17.2 Å². The number of hydrazone groups is 1. The highest BCUT2D eigenvalue weighted by molar-refractivity contribution is 8.14. The number of thioether (sulfide) groups is 1. The van der Waals surface area contributed by atoms with Gasteiger partial charge in [-0.2, -0.15) is 5.10 Å². The SMILES string of the molecule is Cc1ccc(N=C2NN=C(c3ccc4c(c3)NC(=O)CO4)CS2)cc1. The molecule has 0 atom stereocenters. The number of fused-ring (bicyclic) bond motifs is 1. The second-order valence-electron chi connectivity index (χ2n) is 5.76. The van der Waals surface area contributed by atoms with Crippen LogP contribution in [0.25, 0.3) is 0 Å². The maximum Gasteiger partial charge on any atom is 0.262 e. The number of hydrogen-bond acceptors (Lipinski definition) is 5. The van der Waals surface area contributed by atoms with Crippen molar-refractivity contribution in [1.29, 1.82) is 0 Å². The van der Waals surface area contributed by atoms with Gasteiger partial charge in [0.15, 0.2) is 11.8 Å². The lowest BCUT2D eigenvalue weighted by Gasteiger charge is -2.20. The minimum absolute atomic E-state index is 0.0591. The van der Waals surface area contributed by atoms with Crippen molar-refractivity contribution >= 4 is 39.9 Å². The van der Waals surface area contributed by atoms with Crippen molar-refractivity contribution in [2.45, 2.75) is 6.92 Å². The lowest BCUT2D eigenvalue weighted by atomic mass is 10.1. The number of nitrogens with zero attached hydrogens (tertiary/aromatic N) is 2. The summed E-state index contributed by atoms with van der Waals surface area (Å²) in [7, 11) is 0. The first-order valence-corrected chi connectivity index (χ1v) is 8.84. The molecule has 4 rings (SSSR count). The number of anilines is 1. The van der Waals surface area contributed by atoms with Crippen molar-refractivity contribution in [3.05, 3.63) is 53.6 Å². The second kappa shape index (κ2) is 6.60. The van der Waals surface area contributed by atoms with E-state index in [0.717, 1.165) is 22.1 Å². The van der Waals surface area contributed by atoms with Gasteiger partial charge in [-0.25, -0.2) is 4.99 Å². The van der Waals surface area contributed by atoms with E-state index in [2.05, 4.69) is 20.8 Å². The fourth-order valence-corrected chi connectivity index (χ4v) is 3.31. The summed E-state index contributed by atoms with van der Waals surface area (Å²) in [5.74, 6) is 1.24. The summed E-state index contributed by atoms with van der Waals surface area (Å²) < 4.78 is 5.38. The van der Waals surface area contributed by atoms with E-state index in [1.807, 2.05) is 49.4 Å². The standard InChI is InChI=1S/C18H16N4O2S/c1-11-2-5-13(6-3-11)19-18-22-21-15(10-25-18)12-4-7-16-14(8-12)20-17(23)9-24-16/h2-8H,9-10H2,1H3,(H,19,22)(H,20,23). The summed E-state index contributed by atoms with van der Waals surface area (Å²) in [6.45, 7) is 2.11. The van der Waals surface area contributed by atoms with Crippen LogP contribution in [0.1, 0.15) is 11.1 Å². The Kier molecular flexibility index (Phi) is 4.15. The van der Waals surface area contributed by atoms with E-state index in [4.69, 9.17) is 4.74 Å². The van der Waals surface area contributed by atoms with Gasteiger partial charge in [0.05, 0.1) is 17.1 Å². The zero-order valence-electron chi connectivity index (χ0n) is 13.6. The molecule has 0 bridgehead atoms. The fourth-order valence-electron chi connectivity index (χ4n) is 2.52. The van der Waals surface area contributed by atoms with E-state index in [-0.39, 0.29) is 12.5 Å². The van der Waals surface area contributed by atoms with Gasteiger partial charge in [-0.15, -0.1) is 0 Å². The second-order valence-corrected chi connectivity index (χ2v) is 6.72. The highest BCUT2D eigenvalue weighted by Gasteiger charge is 2.19. The smallest absolute Gasteiger partial charge is 0.262 e. The lowest BCUT2D eigenvalue weighted by Crippen LogP contribution is -2.27. The number of aliphatic imine (C=N–C) groups is 1. The van der Waals surface area contributed by atoms with Crippen LogP contribution in [0.5, 0.6) is 5.75 Å². The summed E-state index contributed by atoms with van der Waals surface area (Å²) in [6, 6.07) is 13.7. The van der Waals surface area contributed by atoms with Crippen LogP contribution in [0.2, 0.25) is 0 Å². The molecule has 0 aliphatic carbocycles. The monoisotopic (exact) mass is 352 g/mol. The number of carbonyl (C=O) groups is 1. The van der Waals surface area contributed by atoms with Crippen molar-refractivity contribution in [2.75, 3.05) is 17.7 Å². The summed E-state index contributed by atoms with van der Waals surface area (Å²) in [6.07, 6.45) is 0. The number of rotatable bonds is 2. The van der Waals surface area contributed by atoms with E-state index >= 15 is 0 Å². The molecule has 0 aromatic heterocycles. The van der Waals surface area contributed by atoms with Gasteiger partial charge in [0.1, 0.15) is 5.75 Å². The Morgan fingerprint density at radius 1 is 1.20 bits per heavy atom. The van der Waals surface area contributed by atoms with Crippen molar-refractivity contribution in [2.24, 2.45) is 10.1 Å². The molecule has 0 radical (unpaired) electrons. The van der Waals surface area contributed by atoms with Crippen LogP contribution in [-0.4, -0.2) is 29.1 Å². The van der Waals surface area contributed by atoms with Gasteiger partial charge < -0.3 is 10.1 Å². The number of amides is 1. The number of carbonyl (C=O) groups excluding carboxylic acids is 1. The molecule has 0 spiro atoms. The first kappa shape index (κ1) is 15.7. The van der Waals surface area contributed by atoms with Crippen LogP contribution in [0, 0.1) is 6.92 Å². The Morgan fingerprint density at radius 3 is 2.80 bits per heavy atom. The number of aryl methyl sites for hydroxylation is 1. The molecule has 2 aromatic rings. The molecule has 2 heterocycles. The van der Waals surface area contributed by atoms with Crippen molar-refractivity contribution < 1.29 is 9.53 Å². The van der Waals surface area contributed by atoms with E-state index < -0.39 is 0 Å². The Balaban J connectivity index is 1.52. The molecule has 2 aromatic carbocycles. The molecule has 0 fully saturated rings. The van der Waals surface area contributed by atoms with Gasteiger partial charge in [0, 0.05) is 11.3 Å². The number of ether oxygens (including phenoxy) is 1. The van der Waals surface area contributed by atoms with E-state index in [1.54, 1.807) is 11.8 Å². The van der Waals surface area contributed by atoms with Crippen LogP contribution in [0.3, 0.4) is 0 Å². The molecular formula is C18H16N4O2S. The summed E-state index contributed by atoms with van der Waals surface area (Å²) in [4.78, 5) is 16.0. The van der Waals surface area contributed by atoms with Crippen LogP contribution >= 0.6 is 11.8 Å². The molecule has 126 valence electrons. The number of nitrogens with one attached hydrogen (secondary N) is 2. The molecule has 25 heavy (non-hydrogen) atoms. The van der Waals surface area contributed by atoms with Crippen molar-refractivity contribution in [1.82, 2.24) is 5.43 Å². The van der Waals surface area contributed by atoms with E-state index in [1.165, 1.54) is 5.56 Å². The number of benzene rings is 2. The quantitative estimate of drug-likeness (QED) is 0.871. The minimum Gasteiger partial charge on any atom is -0.482 e. The van der Waals surface area contributed by atoms with Gasteiger partial charge in [0.2, 0.25) is 0 Å². The molecule has 1 amide bonds.